The molecule has 8 unspecified atom stereocenters. The molecular formula is C25H38F4N2O13. The first-order chi connectivity index (χ1) is 20.9. The number of ether oxygens (including phenoxy) is 6. The number of methoxy groups -OCH3 is 1. The van der Waals surface area contributed by atoms with Crippen molar-refractivity contribution in [3.63, 3.8) is 0 Å². The summed E-state index contributed by atoms with van der Waals surface area (Å²) in [5, 5.41) is 61.7. The van der Waals surface area contributed by atoms with E-state index in [1.165, 1.54) is 7.11 Å². The first kappa shape index (κ1) is 37.9. The molecule has 0 aromatic heterocycles. The van der Waals surface area contributed by atoms with Gasteiger partial charge >= 0.3 is 0 Å². The van der Waals surface area contributed by atoms with Gasteiger partial charge in [0.05, 0.1) is 52.9 Å². The van der Waals surface area contributed by atoms with Crippen LogP contribution in [0.3, 0.4) is 0 Å². The van der Waals surface area contributed by atoms with Gasteiger partial charge < -0.3 is 70.1 Å². The largest absolute Gasteiger partial charge is 0.394 e. The number of amides is 1. The average Bonchev–Trinajstić information content (AvgIpc) is 3.01. The van der Waals surface area contributed by atoms with Crippen LogP contribution in [0.2, 0.25) is 0 Å². The molecule has 0 bridgehead atoms. The van der Waals surface area contributed by atoms with Crippen molar-refractivity contribution in [1.29, 1.82) is 0 Å². The molecule has 9 N–H and O–H groups in total. The van der Waals surface area contributed by atoms with Gasteiger partial charge in [-0.15, -0.1) is 0 Å². The molecule has 0 saturated carbocycles. The van der Waals surface area contributed by atoms with E-state index in [4.69, 9.17) is 39.3 Å². The number of halogens is 4. The van der Waals surface area contributed by atoms with Crippen LogP contribution in [0, 0.1) is 23.3 Å². The highest BCUT2D eigenvalue weighted by molar-refractivity contribution is 5.95. The standard InChI is InChI=1S/C25H38F4N2O13/c1-39-12(8-32)20(35)11(34)10-43-23-13(9-33)44-25(22(37)21(23)36)42-7-6-41-5-4-40-3-2-31-24(38)14-15(26)17(28)19(30)18(29)16(14)27/h11-13,20-23,25,32-37H,2-10,30H2,1H3,(H,31,38). The van der Waals surface area contributed by atoms with Crippen molar-refractivity contribution in [3.05, 3.63) is 28.8 Å². The number of carbonyl (C=O) groups is 1. The maximum Gasteiger partial charge on any atom is 0.257 e. The third kappa shape index (κ3) is 9.86. The van der Waals surface area contributed by atoms with Crippen LogP contribution in [0.1, 0.15) is 10.4 Å². The Morgan fingerprint density at radius 3 is 2.09 bits per heavy atom. The number of benzene rings is 1. The Bertz CT molecular complexity index is 1010. The van der Waals surface area contributed by atoms with E-state index < -0.39 is 109 Å². The zero-order chi connectivity index (χ0) is 33.0. The molecule has 1 saturated heterocycles. The molecule has 1 fully saturated rings. The van der Waals surface area contributed by atoms with Gasteiger partial charge in [-0.3, -0.25) is 4.79 Å². The van der Waals surface area contributed by atoms with Crippen molar-refractivity contribution in [3.8, 4) is 0 Å². The maximum atomic E-state index is 13.8. The number of hydrogen-bond acceptors (Lipinski definition) is 14. The molecule has 44 heavy (non-hydrogen) atoms. The predicted molar refractivity (Wildman–Crippen MR) is 138 cm³/mol. The second-order valence-electron chi connectivity index (χ2n) is 9.42. The number of rotatable bonds is 19. The molecule has 1 heterocycles. The summed E-state index contributed by atoms with van der Waals surface area (Å²) < 4.78 is 86.1. The van der Waals surface area contributed by atoms with Crippen LogP contribution in [-0.2, 0) is 28.4 Å². The van der Waals surface area contributed by atoms with E-state index >= 15 is 0 Å². The molecule has 1 aromatic rings. The predicted octanol–water partition coefficient (Wildman–Crippen LogP) is -2.84. The van der Waals surface area contributed by atoms with Crippen molar-refractivity contribution >= 4 is 11.6 Å². The van der Waals surface area contributed by atoms with E-state index in [9.17, 15) is 47.9 Å². The minimum Gasteiger partial charge on any atom is -0.394 e. The lowest BCUT2D eigenvalue weighted by atomic mass is 9.99. The lowest BCUT2D eigenvalue weighted by Gasteiger charge is -2.42. The third-order valence-electron chi connectivity index (χ3n) is 6.48. The van der Waals surface area contributed by atoms with Gasteiger partial charge in [0.25, 0.3) is 5.91 Å². The normalized spacial score (nSPS) is 24.2. The highest BCUT2D eigenvalue weighted by Crippen LogP contribution is 2.26. The van der Waals surface area contributed by atoms with Crippen molar-refractivity contribution in [2.24, 2.45) is 0 Å². The molecule has 1 aromatic carbocycles. The molecule has 0 aliphatic carbocycles. The first-order valence-corrected chi connectivity index (χ1v) is 13.3. The Morgan fingerprint density at radius 2 is 1.52 bits per heavy atom. The fourth-order valence-corrected chi connectivity index (χ4v) is 3.99. The van der Waals surface area contributed by atoms with E-state index in [2.05, 4.69) is 0 Å². The number of aliphatic hydroxyl groups is 6. The third-order valence-corrected chi connectivity index (χ3v) is 6.48. The van der Waals surface area contributed by atoms with Gasteiger partial charge in [-0.25, -0.2) is 17.6 Å². The van der Waals surface area contributed by atoms with E-state index in [1.807, 2.05) is 5.32 Å². The van der Waals surface area contributed by atoms with Gasteiger partial charge in [-0.2, -0.15) is 0 Å². The molecule has 8 atom stereocenters. The Hall–Kier alpha value is -2.27. The first-order valence-electron chi connectivity index (χ1n) is 13.3. The molecular weight excluding hydrogens is 612 g/mol. The van der Waals surface area contributed by atoms with Gasteiger partial charge in [0.1, 0.15) is 54.0 Å². The van der Waals surface area contributed by atoms with Crippen LogP contribution >= 0.6 is 0 Å². The van der Waals surface area contributed by atoms with E-state index in [0.29, 0.717) is 0 Å². The summed E-state index contributed by atoms with van der Waals surface area (Å²) >= 11 is 0. The zero-order valence-corrected chi connectivity index (χ0v) is 23.6. The second kappa shape index (κ2) is 18.6. The SMILES string of the molecule is COC(CO)C(O)C(O)COC1C(CO)OC(OCCOCCOCCNC(=O)c2c(F)c(F)c(N)c(F)c2F)C(O)C1O. The number of carbonyl (C=O) groups excluding carboxylic acids is 1. The van der Waals surface area contributed by atoms with Gasteiger partial charge in [0.2, 0.25) is 0 Å². The molecule has 1 aliphatic rings. The molecule has 0 spiro atoms. The Balaban J connectivity index is 1.65. The summed E-state index contributed by atoms with van der Waals surface area (Å²) in [6, 6.07) is 0. The Labute approximate surface area is 249 Å². The topological polar surface area (TPSA) is 232 Å². The van der Waals surface area contributed by atoms with Crippen molar-refractivity contribution < 1.29 is 81.4 Å². The summed E-state index contributed by atoms with van der Waals surface area (Å²) in [6.45, 7) is -2.34. The van der Waals surface area contributed by atoms with Crippen LogP contribution in [-0.4, -0.2) is 152 Å². The Kier molecular flexibility index (Phi) is 16.1. The summed E-state index contributed by atoms with van der Waals surface area (Å²) in [5.74, 6) is -9.04. The molecule has 2 rings (SSSR count). The second-order valence-corrected chi connectivity index (χ2v) is 9.42. The molecule has 1 aliphatic heterocycles. The van der Waals surface area contributed by atoms with Crippen LogP contribution in [0.15, 0.2) is 0 Å². The smallest absolute Gasteiger partial charge is 0.257 e. The number of nitrogens with one attached hydrogen (secondary N) is 1. The van der Waals surface area contributed by atoms with Crippen LogP contribution in [0.4, 0.5) is 23.2 Å². The van der Waals surface area contributed by atoms with Gasteiger partial charge in [0.15, 0.2) is 29.6 Å². The number of nitrogen functional groups attached to an aromatic ring is 1. The van der Waals surface area contributed by atoms with E-state index in [1.54, 1.807) is 0 Å². The molecule has 254 valence electrons. The zero-order valence-electron chi connectivity index (χ0n) is 23.6. The van der Waals surface area contributed by atoms with Crippen molar-refractivity contribution in [2.45, 2.75) is 49.0 Å². The Morgan fingerprint density at radius 1 is 0.932 bits per heavy atom. The fraction of sp³-hybridized carbons (Fsp3) is 0.720. The number of aliphatic hydroxyl groups excluding tert-OH is 6. The van der Waals surface area contributed by atoms with Gasteiger partial charge in [-0.05, 0) is 0 Å². The molecule has 19 heteroatoms. The lowest BCUT2D eigenvalue weighted by molar-refractivity contribution is -0.311. The highest BCUT2D eigenvalue weighted by Gasteiger charge is 2.46. The summed E-state index contributed by atoms with van der Waals surface area (Å²) in [7, 11) is 1.22. The number of anilines is 1. The monoisotopic (exact) mass is 650 g/mol. The summed E-state index contributed by atoms with van der Waals surface area (Å²) in [4.78, 5) is 11.9. The lowest BCUT2D eigenvalue weighted by Crippen LogP contribution is -2.60. The summed E-state index contributed by atoms with van der Waals surface area (Å²) in [5.41, 5.74) is 2.05. The minimum atomic E-state index is -1.93. The average molecular weight is 651 g/mol. The van der Waals surface area contributed by atoms with Gasteiger partial charge in [-0.1, -0.05) is 0 Å². The fourth-order valence-electron chi connectivity index (χ4n) is 3.99. The maximum absolute atomic E-state index is 13.8. The van der Waals surface area contributed by atoms with Crippen LogP contribution in [0.25, 0.3) is 0 Å². The molecule has 15 nitrogen and oxygen atoms in total. The van der Waals surface area contributed by atoms with Gasteiger partial charge in [0, 0.05) is 13.7 Å². The van der Waals surface area contributed by atoms with Crippen LogP contribution < -0.4 is 11.1 Å². The van der Waals surface area contributed by atoms with E-state index in [-0.39, 0.29) is 39.6 Å². The quantitative estimate of drug-likeness (QED) is 0.0326. The number of nitrogens with two attached hydrogens (primary N) is 1. The van der Waals surface area contributed by atoms with Crippen molar-refractivity contribution in [1.82, 2.24) is 5.32 Å². The molecule has 1 amide bonds. The highest BCUT2D eigenvalue weighted by atomic mass is 19.2. The van der Waals surface area contributed by atoms with E-state index in [0.717, 1.165) is 0 Å². The minimum absolute atomic E-state index is 0.000569. The van der Waals surface area contributed by atoms with Crippen molar-refractivity contribution in [2.75, 3.05) is 72.2 Å². The van der Waals surface area contributed by atoms with Crippen LogP contribution in [0.5, 0.6) is 0 Å². The number of hydrogen-bond donors (Lipinski definition) is 8. The summed E-state index contributed by atoms with van der Waals surface area (Å²) in [6.07, 6.45) is -11.3. The molecule has 0 radical (unpaired) electrons.